The summed E-state index contributed by atoms with van der Waals surface area (Å²) in [6.45, 7) is 2.09. The van der Waals surface area contributed by atoms with Gasteiger partial charge in [0, 0.05) is 16.9 Å². The van der Waals surface area contributed by atoms with Gasteiger partial charge in [-0.05, 0) is 24.7 Å². The second kappa shape index (κ2) is 7.09. The normalized spacial score (nSPS) is 22.3. The molecule has 4 nitrogen and oxygen atoms in total. The topological polar surface area (TPSA) is 72.2 Å². The van der Waals surface area contributed by atoms with Crippen LogP contribution in [0.4, 0.5) is 0 Å². The molecule has 0 aromatic heterocycles. The third-order valence-corrected chi connectivity index (χ3v) is 6.68. The molecule has 21 heavy (non-hydrogen) atoms. The first-order chi connectivity index (χ1) is 9.95. The van der Waals surface area contributed by atoms with Gasteiger partial charge in [-0.25, -0.2) is 13.1 Å². The lowest BCUT2D eigenvalue weighted by Gasteiger charge is -2.21. The maximum absolute atomic E-state index is 12.6. The van der Waals surface area contributed by atoms with Crippen LogP contribution in [0.25, 0.3) is 0 Å². The van der Waals surface area contributed by atoms with Crippen LogP contribution in [0.3, 0.4) is 0 Å². The van der Waals surface area contributed by atoms with E-state index in [0.29, 0.717) is 10.8 Å². The van der Waals surface area contributed by atoms with E-state index in [4.69, 9.17) is 18.0 Å². The number of hydrogen-bond donors (Lipinski definition) is 2. The minimum atomic E-state index is -3.60. The summed E-state index contributed by atoms with van der Waals surface area (Å²) in [6.07, 6.45) is 3.00. The van der Waals surface area contributed by atoms with Crippen molar-refractivity contribution in [2.45, 2.75) is 42.4 Å². The van der Waals surface area contributed by atoms with Crippen molar-refractivity contribution in [3.05, 3.63) is 29.8 Å². The Morgan fingerprint density at radius 2 is 2.14 bits per heavy atom. The zero-order valence-electron chi connectivity index (χ0n) is 11.9. The van der Waals surface area contributed by atoms with Gasteiger partial charge in [0.2, 0.25) is 10.0 Å². The smallest absolute Gasteiger partial charge is 0.241 e. The molecule has 7 heteroatoms. The summed E-state index contributed by atoms with van der Waals surface area (Å²) in [4.78, 5) is 0.270. The van der Waals surface area contributed by atoms with Gasteiger partial charge in [0.05, 0.1) is 4.90 Å². The Hall–Kier alpha value is -0.630. The van der Waals surface area contributed by atoms with E-state index in [1.54, 1.807) is 24.3 Å². The molecule has 3 N–H and O–H groups in total. The van der Waals surface area contributed by atoms with Crippen LogP contribution in [-0.4, -0.2) is 30.5 Å². The molecule has 0 amide bonds. The average molecular weight is 345 g/mol. The number of thioether (sulfide) groups is 1. The summed E-state index contributed by atoms with van der Waals surface area (Å²) in [5.74, 6) is 0.992. The highest BCUT2D eigenvalue weighted by molar-refractivity contribution is 8.00. The Kier molecular flexibility index (Phi) is 5.65. The van der Waals surface area contributed by atoms with Crippen molar-refractivity contribution in [1.29, 1.82) is 0 Å². The second-order valence-electron chi connectivity index (χ2n) is 5.01. The zero-order chi connectivity index (χ0) is 15.5. The number of benzene rings is 1. The fourth-order valence-corrected chi connectivity index (χ4v) is 5.70. The molecule has 0 saturated heterocycles. The minimum Gasteiger partial charge on any atom is -0.389 e. The second-order valence-corrected chi connectivity index (χ2v) is 8.65. The van der Waals surface area contributed by atoms with Crippen LogP contribution >= 0.6 is 24.0 Å². The number of nitrogens with one attached hydrogen (secondary N) is 1. The Labute approximate surface area is 135 Å². The van der Waals surface area contributed by atoms with Crippen molar-refractivity contribution in [2.75, 3.05) is 5.75 Å². The summed E-state index contributed by atoms with van der Waals surface area (Å²) in [6, 6.07) is 6.60. The van der Waals surface area contributed by atoms with Crippen molar-refractivity contribution in [3.8, 4) is 0 Å². The molecule has 1 aromatic rings. The highest BCUT2D eigenvalue weighted by Gasteiger charge is 2.32. The summed E-state index contributed by atoms with van der Waals surface area (Å²) in [7, 11) is -3.60. The third kappa shape index (κ3) is 3.97. The quantitative estimate of drug-likeness (QED) is 0.775. The van der Waals surface area contributed by atoms with Gasteiger partial charge < -0.3 is 5.73 Å². The van der Waals surface area contributed by atoms with Crippen molar-refractivity contribution in [3.63, 3.8) is 0 Å². The lowest BCUT2D eigenvalue weighted by atomic mass is 10.2. The van der Waals surface area contributed by atoms with Crippen molar-refractivity contribution in [2.24, 2.45) is 5.73 Å². The van der Waals surface area contributed by atoms with E-state index >= 15 is 0 Å². The predicted octanol–water partition coefficient (Wildman–Crippen LogP) is 2.27. The van der Waals surface area contributed by atoms with Crippen LogP contribution in [0, 0.1) is 0 Å². The minimum absolute atomic E-state index is 0.0145. The molecule has 2 unspecified atom stereocenters. The Bertz CT molecular complexity index is 616. The summed E-state index contributed by atoms with van der Waals surface area (Å²) < 4.78 is 28.1. The molecule has 116 valence electrons. The van der Waals surface area contributed by atoms with Gasteiger partial charge in [-0.1, -0.05) is 43.8 Å². The van der Waals surface area contributed by atoms with Crippen molar-refractivity contribution >= 4 is 39.0 Å². The zero-order valence-corrected chi connectivity index (χ0v) is 14.4. The largest absolute Gasteiger partial charge is 0.389 e. The van der Waals surface area contributed by atoms with Crippen LogP contribution in [0.15, 0.2) is 29.2 Å². The van der Waals surface area contributed by atoms with Gasteiger partial charge in [-0.15, -0.1) is 0 Å². The third-order valence-electron chi connectivity index (χ3n) is 3.58. The highest BCUT2D eigenvalue weighted by Crippen LogP contribution is 2.31. The summed E-state index contributed by atoms with van der Waals surface area (Å²) in [5, 5.41) is 0.349. The average Bonchev–Trinajstić information content (AvgIpc) is 2.86. The molecule has 2 atom stereocenters. The molecule has 1 aromatic carbocycles. The van der Waals surface area contributed by atoms with E-state index in [9.17, 15) is 8.42 Å². The number of hydrogen-bond acceptors (Lipinski definition) is 4. The molecule has 1 aliphatic carbocycles. The van der Waals surface area contributed by atoms with E-state index in [1.165, 1.54) is 0 Å². The van der Waals surface area contributed by atoms with Crippen LogP contribution in [0.2, 0.25) is 0 Å². The molecule has 2 rings (SSSR count). The van der Waals surface area contributed by atoms with Gasteiger partial charge in [0.15, 0.2) is 0 Å². The number of sulfonamides is 1. The monoisotopic (exact) mass is 344 g/mol. The molecule has 0 heterocycles. The maximum atomic E-state index is 12.6. The fraction of sp³-hybridized carbons (Fsp3) is 0.500. The predicted molar refractivity (Wildman–Crippen MR) is 92.2 cm³/mol. The molecule has 0 spiro atoms. The SMILES string of the molecule is CCSC1CCCC1NS(=O)(=O)c1ccccc1C(N)=S. The van der Waals surface area contributed by atoms with Gasteiger partial charge >= 0.3 is 0 Å². The van der Waals surface area contributed by atoms with E-state index in [-0.39, 0.29) is 15.9 Å². The lowest BCUT2D eigenvalue weighted by Crippen LogP contribution is -2.39. The molecule has 1 saturated carbocycles. The number of rotatable bonds is 6. The molecular formula is C14H20N2O2S3. The van der Waals surface area contributed by atoms with Gasteiger partial charge in [0.1, 0.15) is 4.99 Å². The van der Waals surface area contributed by atoms with Crippen LogP contribution in [0.5, 0.6) is 0 Å². The van der Waals surface area contributed by atoms with E-state index in [1.807, 2.05) is 11.8 Å². The summed E-state index contributed by atoms with van der Waals surface area (Å²) >= 11 is 6.76. The van der Waals surface area contributed by atoms with Crippen molar-refractivity contribution in [1.82, 2.24) is 4.72 Å². The van der Waals surface area contributed by atoms with Crippen LogP contribution < -0.4 is 10.5 Å². The fourth-order valence-electron chi connectivity index (χ4n) is 2.64. The molecule has 0 radical (unpaired) electrons. The maximum Gasteiger partial charge on any atom is 0.241 e. The molecular weight excluding hydrogens is 324 g/mol. The Morgan fingerprint density at radius 3 is 2.81 bits per heavy atom. The van der Waals surface area contributed by atoms with E-state index in [2.05, 4.69) is 11.6 Å². The highest BCUT2D eigenvalue weighted by atomic mass is 32.2. The molecule has 0 aliphatic heterocycles. The van der Waals surface area contributed by atoms with Crippen LogP contribution in [0.1, 0.15) is 31.7 Å². The number of nitrogens with two attached hydrogens (primary N) is 1. The van der Waals surface area contributed by atoms with Gasteiger partial charge in [-0.3, -0.25) is 0 Å². The molecule has 1 aliphatic rings. The standard InChI is InChI=1S/C14H20N2O2S3/c1-2-20-12-8-5-7-11(12)16-21(17,18)13-9-4-3-6-10(13)14(15)19/h3-4,6,9,11-12,16H,2,5,7-8H2,1H3,(H2,15,19). The molecule has 0 bridgehead atoms. The first-order valence-corrected chi connectivity index (χ1v) is 9.92. The number of thiocarbonyl (C=S) groups is 1. The first kappa shape index (κ1) is 16.7. The Balaban J connectivity index is 2.25. The van der Waals surface area contributed by atoms with Gasteiger partial charge in [0.25, 0.3) is 0 Å². The van der Waals surface area contributed by atoms with Crippen LogP contribution in [-0.2, 0) is 10.0 Å². The van der Waals surface area contributed by atoms with Crippen molar-refractivity contribution < 1.29 is 8.42 Å². The Morgan fingerprint density at radius 1 is 1.43 bits per heavy atom. The first-order valence-electron chi connectivity index (χ1n) is 6.98. The van der Waals surface area contributed by atoms with E-state index in [0.717, 1.165) is 25.0 Å². The van der Waals surface area contributed by atoms with Gasteiger partial charge in [-0.2, -0.15) is 11.8 Å². The van der Waals surface area contributed by atoms with E-state index < -0.39 is 10.0 Å². The summed E-state index contributed by atoms with van der Waals surface area (Å²) in [5.41, 5.74) is 6.03. The molecule has 1 fully saturated rings. The lowest BCUT2D eigenvalue weighted by molar-refractivity contribution is 0.555.